The molecule has 0 aromatic heterocycles. The summed E-state index contributed by atoms with van der Waals surface area (Å²) in [6, 6.07) is 0.658. The second kappa shape index (κ2) is 8.90. The van der Waals surface area contributed by atoms with Crippen molar-refractivity contribution in [1.82, 2.24) is 5.32 Å². The Balaban J connectivity index is 1.84. The summed E-state index contributed by atoms with van der Waals surface area (Å²) in [6.07, 6.45) is 2.44. The molecule has 1 aliphatic carbocycles. The summed E-state index contributed by atoms with van der Waals surface area (Å²) in [5, 5.41) is 12.4. The van der Waals surface area contributed by atoms with Gasteiger partial charge in [-0.05, 0) is 12.8 Å². The number of aliphatic hydroxyl groups excluding tert-OH is 1. The largest absolute Gasteiger partial charge is 0.395 e. The van der Waals surface area contributed by atoms with Crippen LogP contribution in [0.5, 0.6) is 0 Å². The predicted molar refractivity (Wildman–Crippen MR) is 60.5 cm³/mol. The number of rotatable bonds is 11. The van der Waals surface area contributed by atoms with Gasteiger partial charge in [0.1, 0.15) is 0 Å². The molecule has 1 atom stereocenters. The summed E-state index contributed by atoms with van der Waals surface area (Å²) in [7, 11) is 1.65. The van der Waals surface area contributed by atoms with E-state index in [1.165, 1.54) is 12.8 Å². The van der Waals surface area contributed by atoms with Crippen LogP contribution < -0.4 is 5.32 Å². The fourth-order valence-electron chi connectivity index (χ4n) is 1.32. The van der Waals surface area contributed by atoms with E-state index in [0.717, 1.165) is 0 Å². The lowest BCUT2D eigenvalue weighted by Gasteiger charge is -2.15. The predicted octanol–water partition coefficient (Wildman–Crippen LogP) is -0.221. The lowest BCUT2D eigenvalue weighted by molar-refractivity contribution is 0.0148. The van der Waals surface area contributed by atoms with Gasteiger partial charge in [-0.2, -0.15) is 0 Å². The second-order valence-corrected chi connectivity index (χ2v) is 4.00. The van der Waals surface area contributed by atoms with Crippen LogP contribution in [-0.2, 0) is 14.2 Å². The molecule has 16 heavy (non-hydrogen) atoms. The Labute approximate surface area is 97.1 Å². The van der Waals surface area contributed by atoms with Gasteiger partial charge in [-0.15, -0.1) is 0 Å². The normalized spacial score (nSPS) is 17.6. The molecule has 1 fully saturated rings. The number of nitrogens with one attached hydrogen (secondary N) is 1. The molecule has 0 aromatic carbocycles. The van der Waals surface area contributed by atoms with Crippen LogP contribution in [0.15, 0.2) is 0 Å². The van der Waals surface area contributed by atoms with Crippen molar-refractivity contribution in [2.45, 2.75) is 24.9 Å². The van der Waals surface area contributed by atoms with E-state index >= 15 is 0 Å². The van der Waals surface area contributed by atoms with Gasteiger partial charge in [-0.25, -0.2) is 0 Å². The molecule has 1 rings (SSSR count). The summed E-state index contributed by atoms with van der Waals surface area (Å²) in [5.74, 6) is 0. The molecular weight excluding hydrogens is 210 g/mol. The van der Waals surface area contributed by atoms with Crippen LogP contribution in [0.4, 0.5) is 0 Å². The van der Waals surface area contributed by atoms with Gasteiger partial charge in [0.05, 0.1) is 45.7 Å². The van der Waals surface area contributed by atoms with Gasteiger partial charge in [0.15, 0.2) is 0 Å². The molecule has 1 unspecified atom stereocenters. The van der Waals surface area contributed by atoms with E-state index in [1.807, 2.05) is 0 Å². The van der Waals surface area contributed by atoms with Gasteiger partial charge < -0.3 is 24.6 Å². The second-order valence-electron chi connectivity index (χ2n) is 4.00. The highest BCUT2D eigenvalue weighted by Gasteiger charge is 2.24. The Kier molecular flexibility index (Phi) is 7.71. The Morgan fingerprint density at radius 1 is 1.19 bits per heavy atom. The van der Waals surface area contributed by atoms with Crippen LogP contribution in [0.1, 0.15) is 12.8 Å². The van der Waals surface area contributed by atoms with E-state index in [4.69, 9.17) is 19.3 Å². The number of ether oxygens (including phenoxy) is 3. The van der Waals surface area contributed by atoms with E-state index in [0.29, 0.717) is 39.1 Å². The van der Waals surface area contributed by atoms with Crippen molar-refractivity contribution in [3.05, 3.63) is 0 Å². The quantitative estimate of drug-likeness (QED) is 0.483. The minimum atomic E-state index is 0.0616. The van der Waals surface area contributed by atoms with Crippen LogP contribution in [0.25, 0.3) is 0 Å². The Bertz CT molecular complexity index is 164. The van der Waals surface area contributed by atoms with Gasteiger partial charge in [0.25, 0.3) is 0 Å². The first-order valence-corrected chi connectivity index (χ1v) is 5.88. The lowest BCUT2D eigenvalue weighted by Crippen LogP contribution is -2.38. The zero-order valence-corrected chi connectivity index (χ0v) is 9.98. The molecular formula is C11H23NO4. The maximum absolute atomic E-state index is 9.09. The fraction of sp³-hybridized carbons (Fsp3) is 1.00. The lowest BCUT2D eigenvalue weighted by atomic mass is 10.3. The molecule has 0 spiro atoms. The topological polar surface area (TPSA) is 60.0 Å². The molecule has 2 N–H and O–H groups in total. The first-order chi connectivity index (χ1) is 7.86. The Morgan fingerprint density at radius 3 is 2.50 bits per heavy atom. The van der Waals surface area contributed by atoms with Crippen LogP contribution in [0, 0.1) is 0 Å². The number of hydrogen-bond acceptors (Lipinski definition) is 5. The van der Waals surface area contributed by atoms with Gasteiger partial charge in [0.2, 0.25) is 0 Å². The highest BCUT2D eigenvalue weighted by atomic mass is 16.5. The molecule has 0 amide bonds. The molecule has 0 aliphatic heterocycles. The number of hydrogen-bond donors (Lipinski definition) is 2. The van der Waals surface area contributed by atoms with Crippen molar-refractivity contribution in [3.8, 4) is 0 Å². The molecule has 0 bridgehead atoms. The van der Waals surface area contributed by atoms with Crippen LogP contribution in [0.2, 0.25) is 0 Å². The van der Waals surface area contributed by atoms with E-state index in [2.05, 4.69) is 5.32 Å². The molecule has 0 radical (unpaired) electrons. The van der Waals surface area contributed by atoms with Crippen LogP contribution >= 0.6 is 0 Å². The Hall–Kier alpha value is -0.200. The van der Waals surface area contributed by atoms with Crippen molar-refractivity contribution in [2.24, 2.45) is 0 Å². The molecule has 5 nitrogen and oxygen atoms in total. The standard InChI is InChI=1S/C11H23NO4/c1-14-4-5-15-6-7-16-9-11(8-13)12-10-2-3-10/h10-13H,2-9H2,1H3. The van der Waals surface area contributed by atoms with E-state index in [1.54, 1.807) is 7.11 Å². The molecule has 1 aliphatic rings. The maximum atomic E-state index is 9.09. The molecule has 0 heterocycles. The third kappa shape index (κ3) is 7.14. The third-order valence-electron chi connectivity index (χ3n) is 2.39. The fourth-order valence-corrected chi connectivity index (χ4v) is 1.32. The van der Waals surface area contributed by atoms with Gasteiger partial charge in [0, 0.05) is 13.2 Å². The molecule has 0 aromatic rings. The molecule has 1 saturated carbocycles. The van der Waals surface area contributed by atoms with Gasteiger partial charge in [-0.1, -0.05) is 0 Å². The first-order valence-electron chi connectivity index (χ1n) is 5.88. The van der Waals surface area contributed by atoms with Crippen molar-refractivity contribution in [2.75, 3.05) is 46.8 Å². The molecule has 5 heteroatoms. The smallest absolute Gasteiger partial charge is 0.0701 e. The minimum absolute atomic E-state index is 0.0616. The van der Waals surface area contributed by atoms with E-state index < -0.39 is 0 Å². The van der Waals surface area contributed by atoms with Crippen molar-refractivity contribution >= 4 is 0 Å². The van der Waals surface area contributed by atoms with E-state index in [-0.39, 0.29) is 12.6 Å². The molecule has 0 saturated heterocycles. The number of aliphatic hydroxyl groups is 1. The van der Waals surface area contributed by atoms with Gasteiger partial charge in [-0.3, -0.25) is 0 Å². The number of methoxy groups -OCH3 is 1. The van der Waals surface area contributed by atoms with Crippen LogP contribution in [0.3, 0.4) is 0 Å². The summed E-state index contributed by atoms with van der Waals surface area (Å²) < 4.78 is 15.5. The Morgan fingerprint density at radius 2 is 1.88 bits per heavy atom. The minimum Gasteiger partial charge on any atom is -0.395 e. The summed E-state index contributed by atoms with van der Waals surface area (Å²) in [5.41, 5.74) is 0. The average molecular weight is 233 g/mol. The van der Waals surface area contributed by atoms with Gasteiger partial charge >= 0.3 is 0 Å². The van der Waals surface area contributed by atoms with Crippen molar-refractivity contribution in [1.29, 1.82) is 0 Å². The zero-order valence-electron chi connectivity index (χ0n) is 9.98. The average Bonchev–Trinajstić information content (AvgIpc) is 3.10. The highest BCUT2D eigenvalue weighted by Crippen LogP contribution is 2.19. The first kappa shape index (κ1) is 13.9. The maximum Gasteiger partial charge on any atom is 0.0701 e. The highest BCUT2D eigenvalue weighted by molar-refractivity contribution is 4.84. The monoisotopic (exact) mass is 233 g/mol. The molecule has 96 valence electrons. The summed E-state index contributed by atoms with van der Waals surface area (Å²) in [6.45, 7) is 3.02. The third-order valence-corrected chi connectivity index (χ3v) is 2.39. The summed E-state index contributed by atoms with van der Waals surface area (Å²) >= 11 is 0. The van der Waals surface area contributed by atoms with Crippen molar-refractivity contribution < 1.29 is 19.3 Å². The van der Waals surface area contributed by atoms with Crippen LogP contribution in [-0.4, -0.2) is 63.9 Å². The SMILES string of the molecule is COCCOCCOCC(CO)NC1CC1. The van der Waals surface area contributed by atoms with Crippen molar-refractivity contribution in [3.63, 3.8) is 0 Å². The zero-order chi connectivity index (χ0) is 11.6. The summed E-state index contributed by atoms with van der Waals surface area (Å²) in [4.78, 5) is 0. The van der Waals surface area contributed by atoms with E-state index in [9.17, 15) is 0 Å².